The van der Waals surface area contributed by atoms with Crippen LogP contribution in [0.2, 0.25) is 0 Å². The van der Waals surface area contributed by atoms with E-state index < -0.39 is 53.7 Å². The average molecular weight is 857 g/mol. The van der Waals surface area contributed by atoms with E-state index in [4.69, 9.17) is 23.7 Å². The summed E-state index contributed by atoms with van der Waals surface area (Å²) in [6.07, 6.45) is 13.2. The highest BCUT2D eigenvalue weighted by molar-refractivity contribution is 5.98. The summed E-state index contributed by atoms with van der Waals surface area (Å²) in [4.78, 5) is 56.8. The molecule has 338 valence electrons. The second kappa shape index (κ2) is 16.4. The number of esters is 2. The quantitative estimate of drug-likeness (QED) is 0.163. The lowest BCUT2D eigenvalue weighted by Crippen LogP contribution is -2.51. The second-order valence-electron chi connectivity index (χ2n) is 21.7. The largest absolute Gasteiger partial charge is 0.460 e. The van der Waals surface area contributed by atoms with Crippen molar-refractivity contribution in [3.8, 4) is 0 Å². The monoisotopic (exact) mass is 856 g/mol. The summed E-state index contributed by atoms with van der Waals surface area (Å²) in [6.45, 7) is 12.4. The van der Waals surface area contributed by atoms with Gasteiger partial charge in [0.15, 0.2) is 5.79 Å². The molecular formula is C50H68N2O10. The fourth-order valence-corrected chi connectivity index (χ4v) is 11.6. The van der Waals surface area contributed by atoms with E-state index in [-0.39, 0.29) is 66.6 Å². The van der Waals surface area contributed by atoms with E-state index in [0.717, 1.165) is 63.4 Å². The number of benzene rings is 1. The number of epoxide rings is 1. The molecule has 9 unspecified atom stereocenters. The van der Waals surface area contributed by atoms with Gasteiger partial charge in [0, 0.05) is 36.8 Å². The molecule has 0 radical (unpaired) electrons. The van der Waals surface area contributed by atoms with E-state index in [0.29, 0.717) is 42.4 Å². The van der Waals surface area contributed by atoms with E-state index in [1.165, 1.54) is 5.57 Å². The Kier molecular flexibility index (Phi) is 11.6. The molecule has 1 aromatic carbocycles. The van der Waals surface area contributed by atoms with Gasteiger partial charge in [-0.3, -0.25) is 14.4 Å². The number of hydrogen-bond donors (Lipinski definition) is 2. The van der Waals surface area contributed by atoms with Crippen molar-refractivity contribution in [1.29, 1.82) is 0 Å². The minimum atomic E-state index is -0.788. The lowest BCUT2D eigenvalue weighted by Gasteiger charge is -2.53. The molecular weight excluding hydrogens is 789 g/mol. The van der Waals surface area contributed by atoms with Crippen LogP contribution in [0.3, 0.4) is 0 Å². The third kappa shape index (κ3) is 8.79. The molecule has 8 aliphatic rings. The molecule has 62 heavy (non-hydrogen) atoms. The molecule has 1 aromatic rings. The van der Waals surface area contributed by atoms with Crippen LogP contribution in [0.5, 0.6) is 0 Å². The van der Waals surface area contributed by atoms with Crippen LogP contribution in [0, 0.1) is 29.1 Å². The zero-order valence-electron chi connectivity index (χ0n) is 37.6. The molecule has 12 nitrogen and oxygen atoms in total. The maximum atomic E-state index is 14.6. The highest BCUT2D eigenvalue weighted by atomic mass is 16.8. The van der Waals surface area contributed by atoms with Crippen LogP contribution < -0.4 is 5.32 Å². The topological polar surface area (TPSA) is 153 Å². The van der Waals surface area contributed by atoms with Gasteiger partial charge >= 0.3 is 11.9 Å². The number of aliphatic hydroxyl groups excluding tert-OH is 1. The van der Waals surface area contributed by atoms with Crippen molar-refractivity contribution in [3.05, 3.63) is 52.6 Å². The number of aliphatic hydroxyl groups is 1. The van der Waals surface area contributed by atoms with Crippen molar-refractivity contribution in [2.45, 2.75) is 185 Å². The zero-order valence-corrected chi connectivity index (χ0v) is 37.6. The van der Waals surface area contributed by atoms with Gasteiger partial charge in [-0.1, -0.05) is 43.7 Å². The minimum absolute atomic E-state index is 0.0158. The molecule has 3 saturated heterocycles. The van der Waals surface area contributed by atoms with Crippen molar-refractivity contribution < 1.29 is 48.0 Å². The Morgan fingerprint density at radius 1 is 0.984 bits per heavy atom. The van der Waals surface area contributed by atoms with Crippen LogP contribution in [-0.4, -0.2) is 100 Å². The number of hydrogen-bond acceptors (Lipinski definition) is 10. The normalized spacial score (nSPS) is 34.5. The molecule has 0 aromatic heterocycles. The van der Waals surface area contributed by atoms with Crippen molar-refractivity contribution in [2.24, 2.45) is 29.1 Å². The van der Waals surface area contributed by atoms with Gasteiger partial charge in [-0.25, -0.2) is 4.79 Å². The van der Waals surface area contributed by atoms with Crippen LogP contribution in [-0.2, 0) is 38.1 Å². The second-order valence-corrected chi connectivity index (χ2v) is 21.7. The minimum Gasteiger partial charge on any atom is -0.460 e. The Hall–Kier alpha value is -3.58. The van der Waals surface area contributed by atoms with Gasteiger partial charge in [0.2, 0.25) is 11.8 Å². The molecule has 12 heteroatoms. The van der Waals surface area contributed by atoms with Gasteiger partial charge in [-0.2, -0.15) is 0 Å². The number of carbonyl (C=O) groups excluding carboxylic acids is 4. The summed E-state index contributed by atoms with van der Waals surface area (Å²) in [7, 11) is 0. The first-order valence-corrected chi connectivity index (χ1v) is 23.7. The zero-order chi connectivity index (χ0) is 43.8. The van der Waals surface area contributed by atoms with E-state index in [1.807, 2.05) is 30.3 Å². The molecule has 0 bridgehead atoms. The maximum absolute atomic E-state index is 14.6. The van der Waals surface area contributed by atoms with Gasteiger partial charge in [0.05, 0.1) is 29.9 Å². The lowest BCUT2D eigenvalue weighted by molar-refractivity contribution is -0.209. The third-order valence-electron chi connectivity index (χ3n) is 15.4. The van der Waals surface area contributed by atoms with E-state index in [1.54, 1.807) is 25.7 Å². The number of rotatable bonds is 12. The number of fused-ring (bicyclic) bond motifs is 3. The molecule has 2 N–H and O–H groups in total. The highest BCUT2D eigenvalue weighted by Gasteiger charge is 2.65. The lowest BCUT2D eigenvalue weighted by atomic mass is 9.52. The van der Waals surface area contributed by atoms with Crippen LogP contribution >= 0.6 is 0 Å². The number of carbonyl (C=O) groups is 4. The van der Waals surface area contributed by atoms with Crippen LogP contribution in [0.25, 0.3) is 6.08 Å². The highest BCUT2D eigenvalue weighted by Crippen LogP contribution is 2.61. The van der Waals surface area contributed by atoms with Gasteiger partial charge in [-0.15, -0.1) is 0 Å². The number of nitrogens with zero attached hydrogens (tertiary/aromatic N) is 1. The Morgan fingerprint density at radius 2 is 1.73 bits per heavy atom. The Bertz CT molecular complexity index is 1980. The molecule has 4 saturated carbocycles. The van der Waals surface area contributed by atoms with E-state index in [9.17, 15) is 24.3 Å². The van der Waals surface area contributed by atoms with Crippen LogP contribution in [0.15, 0.2) is 41.5 Å². The average Bonchev–Trinajstić information content (AvgIpc) is 4.18. The molecule has 9 rings (SSSR count). The summed E-state index contributed by atoms with van der Waals surface area (Å²) in [6, 6.07) is 6.25. The first-order chi connectivity index (χ1) is 29.5. The number of likely N-dealkylation sites (tertiary alicyclic amines) is 1. The first-order valence-electron chi connectivity index (χ1n) is 23.7. The predicted octanol–water partition coefficient (Wildman–Crippen LogP) is 7.21. The smallest absolute Gasteiger partial charge is 0.339 e. The molecule has 7 fully saturated rings. The number of nitrogens with one attached hydrogen (secondary N) is 1. The fourth-order valence-electron chi connectivity index (χ4n) is 11.6. The Labute approximate surface area is 366 Å². The van der Waals surface area contributed by atoms with E-state index >= 15 is 0 Å². The SMILES string of the molecule is CC(C)(C)OC(=O)CCC(CO)NC(=O)C1CCCN1C(=O)C1=CC2OC(C3CC3)(C3CC3)OC2C(OC(=O)c2ccccc2C=C2CCC3OC3(C)CCC3C2CC3(C)C)C1. The number of amides is 2. The molecule has 2 amide bonds. The third-order valence-corrected chi connectivity index (χ3v) is 15.4. The van der Waals surface area contributed by atoms with Crippen molar-refractivity contribution in [2.75, 3.05) is 13.2 Å². The van der Waals surface area contributed by atoms with E-state index in [2.05, 4.69) is 32.2 Å². The summed E-state index contributed by atoms with van der Waals surface area (Å²) < 4.78 is 32.0. The molecule has 3 aliphatic heterocycles. The van der Waals surface area contributed by atoms with Gasteiger partial charge in [0.25, 0.3) is 0 Å². The van der Waals surface area contributed by atoms with Crippen molar-refractivity contribution in [3.63, 3.8) is 0 Å². The summed E-state index contributed by atoms with van der Waals surface area (Å²) in [5, 5.41) is 13.0. The van der Waals surface area contributed by atoms with Crippen molar-refractivity contribution in [1.82, 2.24) is 10.2 Å². The number of ether oxygens (including phenoxy) is 5. The maximum Gasteiger partial charge on any atom is 0.339 e. The standard InChI is InChI=1S/C50H68N2O10/c1-47(2,3)61-42(54)20-18-34(28-53)51-44(55)38-12-9-23-52(38)45(56)31-25-39(43-40(26-31)59-50(62-43,32-14-15-32)33-16-17-33)58-46(57)35-11-8-7-10-29(35)24-30-13-19-41-49(6,60-41)22-21-37-36(30)27-48(37,4)5/h7-8,10-11,24,26,32-34,36-41,43,53H,9,12-23,25,27-28H2,1-6H3,(H,51,55). The van der Waals surface area contributed by atoms with Gasteiger partial charge in [-0.05, 0) is 140 Å². The predicted molar refractivity (Wildman–Crippen MR) is 230 cm³/mol. The molecule has 0 spiro atoms. The van der Waals surface area contributed by atoms with Crippen LogP contribution in [0.4, 0.5) is 0 Å². The fraction of sp³-hybridized carbons (Fsp3) is 0.720. The van der Waals surface area contributed by atoms with Gasteiger partial charge < -0.3 is 39.0 Å². The van der Waals surface area contributed by atoms with Gasteiger partial charge in [0.1, 0.15) is 30.0 Å². The number of allylic oxidation sites excluding steroid dienone is 1. The summed E-state index contributed by atoms with van der Waals surface area (Å²) in [5.74, 6) is -0.719. The first kappa shape index (κ1) is 43.7. The molecule has 3 heterocycles. The Morgan fingerprint density at radius 3 is 2.42 bits per heavy atom. The molecule has 5 aliphatic carbocycles. The Balaban J connectivity index is 0.934. The van der Waals surface area contributed by atoms with Crippen molar-refractivity contribution >= 4 is 29.8 Å². The summed E-state index contributed by atoms with van der Waals surface area (Å²) >= 11 is 0. The summed E-state index contributed by atoms with van der Waals surface area (Å²) in [5.41, 5.74) is 2.74. The molecule has 9 atom stereocenters. The van der Waals surface area contributed by atoms with Crippen LogP contribution in [0.1, 0.15) is 147 Å².